The lowest BCUT2D eigenvalue weighted by Gasteiger charge is -2.53. The Hall–Kier alpha value is -1.71. The van der Waals surface area contributed by atoms with E-state index in [9.17, 15) is 14.4 Å². The minimum Gasteiger partial charge on any atom is -0.469 e. The summed E-state index contributed by atoms with van der Waals surface area (Å²) in [5.41, 5.74) is 1.86. The zero-order valence-corrected chi connectivity index (χ0v) is 15.3. The molecule has 4 aliphatic rings. The molecule has 0 amide bonds. The Morgan fingerprint density at radius 1 is 1.24 bits per heavy atom. The Kier molecular flexibility index (Phi) is 3.61. The highest BCUT2D eigenvalue weighted by atomic mass is 16.5. The number of allylic oxidation sites excluding steroid dienone is 3. The Bertz CT molecular complexity index is 730. The monoisotopic (exact) mass is 342 g/mol. The molecule has 4 rings (SSSR count). The Labute approximate surface area is 148 Å². The molecule has 0 N–H and O–H groups in total. The van der Waals surface area contributed by atoms with Crippen LogP contribution in [0.1, 0.15) is 52.4 Å². The second-order valence-electron chi connectivity index (χ2n) is 8.66. The first kappa shape index (κ1) is 16.7. The number of ketones is 2. The largest absolute Gasteiger partial charge is 0.469 e. The number of hydrogen-bond donors (Lipinski definition) is 0. The van der Waals surface area contributed by atoms with Crippen molar-refractivity contribution in [3.8, 4) is 0 Å². The zero-order chi connectivity index (χ0) is 18.0. The molecule has 0 aliphatic heterocycles. The number of rotatable bonds is 1. The summed E-state index contributed by atoms with van der Waals surface area (Å²) in [5, 5.41) is 0. The highest BCUT2D eigenvalue weighted by Crippen LogP contribution is 2.62. The maximum absolute atomic E-state index is 12.6. The van der Waals surface area contributed by atoms with Gasteiger partial charge in [0.05, 0.1) is 13.0 Å². The van der Waals surface area contributed by atoms with Gasteiger partial charge in [-0.3, -0.25) is 14.4 Å². The third-order valence-electron chi connectivity index (χ3n) is 7.55. The van der Waals surface area contributed by atoms with Gasteiger partial charge in [0.25, 0.3) is 0 Å². The number of esters is 1. The Morgan fingerprint density at radius 2 is 2.00 bits per heavy atom. The van der Waals surface area contributed by atoms with Crippen molar-refractivity contribution in [3.63, 3.8) is 0 Å². The SMILES string of the molecule is COC(=O)[C@@H]1C=C2CC(=O)CC[C@]2(C)C2=CC[C@]3(C)C(=O)CCC3[C@@H]21. The van der Waals surface area contributed by atoms with Crippen LogP contribution in [-0.4, -0.2) is 24.6 Å². The molecule has 0 aromatic heterocycles. The average Bonchev–Trinajstić information content (AvgIpc) is 2.89. The number of hydrogen-bond acceptors (Lipinski definition) is 4. The molecule has 2 saturated carbocycles. The molecule has 4 nitrogen and oxygen atoms in total. The van der Waals surface area contributed by atoms with E-state index in [1.807, 2.05) is 6.08 Å². The molecule has 4 aliphatic carbocycles. The van der Waals surface area contributed by atoms with E-state index in [1.165, 1.54) is 12.7 Å². The molecule has 0 spiro atoms. The van der Waals surface area contributed by atoms with Crippen molar-refractivity contribution in [1.29, 1.82) is 0 Å². The van der Waals surface area contributed by atoms with E-state index in [4.69, 9.17) is 4.74 Å². The van der Waals surface area contributed by atoms with Crippen LogP contribution in [0.5, 0.6) is 0 Å². The summed E-state index contributed by atoms with van der Waals surface area (Å²) in [6.07, 6.45) is 8.30. The van der Waals surface area contributed by atoms with Gasteiger partial charge in [-0.05, 0) is 25.2 Å². The molecular formula is C21H26O4. The molecule has 0 radical (unpaired) electrons. The van der Waals surface area contributed by atoms with Gasteiger partial charge in [-0.15, -0.1) is 0 Å². The maximum Gasteiger partial charge on any atom is 0.313 e. The molecule has 0 aromatic carbocycles. The van der Waals surface area contributed by atoms with E-state index in [2.05, 4.69) is 19.9 Å². The summed E-state index contributed by atoms with van der Waals surface area (Å²) >= 11 is 0. The smallest absolute Gasteiger partial charge is 0.313 e. The van der Waals surface area contributed by atoms with Crippen molar-refractivity contribution in [3.05, 3.63) is 23.3 Å². The third kappa shape index (κ3) is 2.15. The van der Waals surface area contributed by atoms with Gasteiger partial charge in [0.1, 0.15) is 11.6 Å². The van der Waals surface area contributed by atoms with E-state index >= 15 is 0 Å². The maximum atomic E-state index is 12.6. The first-order valence-corrected chi connectivity index (χ1v) is 9.36. The van der Waals surface area contributed by atoms with Crippen molar-refractivity contribution in [2.24, 2.45) is 28.6 Å². The predicted octanol–water partition coefficient (Wildman–Crippen LogP) is 3.41. The van der Waals surface area contributed by atoms with E-state index < -0.39 is 0 Å². The van der Waals surface area contributed by atoms with Gasteiger partial charge >= 0.3 is 5.97 Å². The minimum atomic E-state index is -0.374. The summed E-state index contributed by atoms with van der Waals surface area (Å²) in [5.74, 6) is 0.182. The van der Waals surface area contributed by atoms with E-state index in [0.29, 0.717) is 25.0 Å². The second-order valence-corrected chi connectivity index (χ2v) is 8.66. The van der Waals surface area contributed by atoms with Gasteiger partial charge in [0, 0.05) is 36.0 Å². The lowest BCUT2D eigenvalue weighted by Crippen LogP contribution is -2.49. The molecule has 0 bridgehead atoms. The Balaban J connectivity index is 1.87. The number of carbonyl (C=O) groups excluding carboxylic acids is 3. The van der Waals surface area contributed by atoms with E-state index in [0.717, 1.165) is 24.8 Å². The number of ether oxygens (including phenoxy) is 1. The fourth-order valence-electron chi connectivity index (χ4n) is 5.94. The normalized spacial score (nSPS) is 42.8. The molecule has 4 heteroatoms. The van der Waals surface area contributed by atoms with Crippen molar-refractivity contribution in [1.82, 2.24) is 0 Å². The fourth-order valence-corrected chi connectivity index (χ4v) is 5.94. The second kappa shape index (κ2) is 5.39. The molecule has 2 fully saturated rings. The van der Waals surface area contributed by atoms with Crippen LogP contribution < -0.4 is 0 Å². The van der Waals surface area contributed by atoms with Crippen LogP contribution >= 0.6 is 0 Å². The third-order valence-corrected chi connectivity index (χ3v) is 7.55. The molecule has 0 aromatic rings. The zero-order valence-electron chi connectivity index (χ0n) is 15.3. The molecule has 0 heterocycles. The van der Waals surface area contributed by atoms with Crippen molar-refractivity contribution < 1.29 is 19.1 Å². The highest BCUT2D eigenvalue weighted by Gasteiger charge is 2.59. The quantitative estimate of drug-likeness (QED) is 0.541. The van der Waals surface area contributed by atoms with Crippen LogP contribution in [-0.2, 0) is 19.1 Å². The van der Waals surface area contributed by atoms with Crippen molar-refractivity contribution in [2.75, 3.05) is 7.11 Å². The molecule has 5 atom stereocenters. The van der Waals surface area contributed by atoms with Crippen LogP contribution in [0.15, 0.2) is 23.3 Å². The summed E-state index contributed by atoms with van der Waals surface area (Å²) in [7, 11) is 1.42. The van der Waals surface area contributed by atoms with E-state index in [-0.39, 0.29) is 40.3 Å². The van der Waals surface area contributed by atoms with Crippen molar-refractivity contribution >= 4 is 17.5 Å². The van der Waals surface area contributed by atoms with E-state index in [1.54, 1.807) is 0 Å². The summed E-state index contributed by atoms with van der Waals surface area (Å²) in [6.45, 7) is 4.29. The number of carbonyl (C=O) groups is 3. The number of Topliss-reactive ketones (excluding diaryl/α,β-unsaturated/α-hetero) is 2. The topological polar surface area (TPSA) is 60.4 Å². The van der Waals surface area contributed by atoms with Crippen LogP contribution in [0.4, 0.5) is 0 Å². The molecule has 25 heavy (non-hydrogen) atoms. The van der Waals surface area contributed by atoms with Crippen LogP contribution in [0.2, 0.25) is 0 Å². The molecule has 1 unspecified atom stereocenters. The van der Waals surface area contributed by atoms with Crippen molar-refractivity contribution in [2.45, 2.75) is 52.4 Å². The fraction of sp³-hybridized carbons (Fsp3) is 0.667. The lowest BCUT2D eigenvalue weighted by molar-refractivity contribution is -0.147. The van der Waals surface area contributed by atoms with Gasteiger partial charge in [-0.2, -0.15) is 0 Å². The lowest BCUT2D eigenvalue weighted by atomic mass is 9.50. The highest BCUT2D eigenvalue weighted by molar-refractivity contribution is 5.89. The summed E-state index contributed by atoms with van der Waals surface area (Å²) in [6, 6.07) is 0. The van der Waals surface area contributed by atoms with Crippen LogP contribution in [0, 0.1) is 28.6 Å². The molecule has 134 valence electrons. The van der Waals surface area contributed by atoms with Crippen LogP contribution in [0.3, 0.4) is 0 Å². The minimum absolute atomic E-state index is 0.0274. The number of methoxy groups -OCH3 is 1. The molecular weight excluding hydrogens is 316 g/mol. The summed E-state index contributed by atoms with van der Waals surface area (Å²) in [4.78, 5) is 37.2. The average molecular weight is 342 g/mol. The van der Waals surface area contributed by atoms with Gasteiger partial charge < -0.3 is 4.74 Å². The molecule has 0 saturated heterocycles. The predicted molar refractivity (Wildman–Crippen MR) is 92.6 cm³/mol. The van der Waals surface area contributed by atoms with Gasteiger partial charge in [0.15, 0.2) is 0 Å². The van der Waals surface area contributed by atoms with Gasteiger partial charge in [-0.1, -0.05) is 37.1 Å². The van der Waals surface area contributed by atoms with Gasteiger partial charge in [-0.25, -0.2) is 0 Å². The first-order valence-electron chi connectivity index (χ1n) is 9.36. The first-order chi connectivity index (χ1) is 11.8. The number of fused-ring (bicyclic) bond motifs is 5. The standard InChI is InChI=1S/C21H26O4/c1-20-8-6-13(22)10-12(20)11-14(19(24)25-3)18-15-4-5-17(23)21(15,2)9-7-16(18)20/h7,11,14-15,18H,4-6,8-10H2,1-3H3/t14-,15?,18+,20+,21+/m1/s1. The van der Waals surface area contributed by atoms with Gasteiger partial charge in [0.2, 0.25) is 0 Å². The van der Waals surface area contributed by atoms with Crippen LogP contribution in [0.25, 0.3) is 0 Å². The summed E-state index contributed by atoms with van der Waals surface area (Å²) < 4.78 is 5.11. The Morgan fingerprint density at radius 3 is 2.72 bits per heavy atom.